The Balaban J connectivity index is 1.74. The molecule has 3 rings (SSSR count). The van der Waals surface area contributed by atoms with Gasteiger partial charge in [-0.05, 0) is 48.9 Å². The van der Waals surface area contributed by atoms with Crippen molar-refractivity contribution in [2.24, 2.45) is 0 Å². The summed E-state index contributed by atoms with van der Waals surface area (Å²) in [5, 5.41) is 5.16. The number of nitrogens with zero attached hydrogens (tertiary/aromatic N) is 2. The van der Waals surface area contributed by atoms with Gasteiger partial charge >= 0.3 is 6.18 Å². The standard InChI is InChI=1S/C23H19ClF3N3O2S/c1-14(16-5-3-7-18(24)11-16)28-21(32)10-9-19-13-33-22(29-19)30(15(2)31)20-8-4-6-17(12-20)23(25,26)27/h3-14H,1-2H3,(H,28,32)/b10-9+. The van der Waals surface area contributed by atoms with Crippen LogP contribution in [0.3, 0.4) is 0 Å². The molecular weight excluding hydrogens is 475 g/mol. The van der Waals surface area contributed by atoms with Crippen LogP contribution in [0.15, 0.2) is 60.0 Å². The first-order valence-corrected chi connectivity index (χ1v) is 11.0. The number of benzene rings is 2. The van der Waals surface area contributed by atoms with Gasteiger partial charge in [-0.25, -0.2) is 4.98 Å². The molecular formula is C23H19ClF3N3O2S. The summed E-state index contributed by atoms with van der Waals surface area (Å²) in [4.78, 5) is 29.8. The number of hydrogen-bond acceptors (Lipinski definition) is 4. The molecule has 0 bridgehead atoms. The van der Waals surface area contributed by atoms with E-state index in [0.29, 0.717) is 10.7 Å². The van der Waals surface area contributed by atoms with Crippen LogP contribution in [0, 0.1) is 0 Å². The molecule has 2 aromatic carbocycles. The number of thiazole rings is 1. The number of carbonyl (C=O) groups excluding carboxylic acids is 2. The summed E-state index contributed by atoms with van der Waals surface area (Å²) in [6.45, 7) is 3.06. The molecule has 1 heterocycles. The molecule has 0 aliphatic rings. The van der Waals surface area contributed by atoms with Gasteiger partial charge in [0.15, 0.2) is 5.13 Å². The predicted octanol–water partition coefficient (Wildman–Crippen LogP) is 6.39. The number of anilines is 2. The average Bonchev–Trinajstić information content (AvgIpc) is 3.20. The fraction of sp³-hybridized carbons (Fsp3) is 0.174. The molecule has 0 radical (unpaired) electrons. The maximum atomic E-state index is 13.1. The predicted molar refractivity (Wildman–Crippen MR) is 123 cm³/mol. The van der Waals surface area contributed by atoms with Gasteiger partial charge in [0, 0.05) is 23.4 Å². The number of alkyl halides is 3. The Bertz CT molecular complexity index is 1190. The van der Waals surface area contributed by atoms with Crippen molar-refractivity contribution in [3.8, 4) is 0 Å². The van der Waals surface area contributed by atoms with Gasteiger partial charge in [0.2, 0.25) is 11.8 Å². The van der Waals surface area contributed by atoms with Crippen molar-refractivity contribution >= 4 is 51.6 Å². The molecule has 1 aromatic heterocycles. The van der Waals surface area contributed by atoms with Gasteiger partial charge in [0.25, 0.3) is 0 Å². The fourth-order valence-corrected chi connectivity index (χ4v) is 4.04. The van der Waals surface area contributed by atoms with Gasteiger partial charge in [0.05, 0.1) is 23.0 Å². The number of carbonyl (C=O) groups is 2. The molecule has 5 nitrogen and oxygen atoms in total. The normalized spacial score (nSPS) is 12.5. The van der Waals surface area contributed by atoms with E-state index in [1.54, 1.807) is 23.6 Å². The quantitative estimate of drug-likeness (QED) is 0.405. The number of aromatic nitrogens is 1. The summed E-state index contributed by atoms with van der Waals surface area (Å²) in [6, 6.07) is 11.3. The number of amides is 2. The Kier molecular flexibility index (Phi) is 7.55. The molecule has 1 atom stereocenters. The summed E-state index contributed by atoms with van der Waals surface area (Å²) in [7, 11) is 0. The summed E-state index contributed by atoms with van der Waals surface area (Å²) < 4.78 is 39.2. The minimum atomic E-state index is -4.54. The van der Waals surface area contributed by atoms with Crippen molar-refractivity contribution in [2.75, 3.05) is 4.90 Å². The number of nitrogens with one attached hydrogen (secondary N) is 1. The first-order valence-electron chi connectivity index (χ1n) is 9.72. The van der Waals surface area contributed by atoms with Crippen LogP contribution in [-0.2, 0) is 15.8 Å². The summed E-state index contributed by atoms with van der Waals surface area (Å²) in [5.41, 5.74) is 0.417. The molecule has 0 saturated heterocycles. The Labute approximate surface area is 197 Å². The van der Waals surface area contributed by atoms with Crippen LogP contribution in [0.1, 0.15) is 36.7 Å². The molecule has 10 heteroatoms. The van der Waals surface area contributed by atoms with Gasteiger partial charge in [-0.2, -0.15) is 13.2 Å². The second-order valence-corrected chi connectivity index (χ2v) is 8.35. The summed E-state index contributed by atoms with van der Waals surface area (Å²) in [6.07, 6.45) is -1.78. The van der Waals surface area contributed by atoms with E-state index in [1.807, 2.05) is 13.0 Å². The second kappa shape index (κ2) is 10.2. The van der Waals surface area contributed by atoms with E-state index >= 15 is 0 Å². The highest BCUT2D eigenvalue weighted by atomic mass is 35.5. The summed E-state index contributed by atoms with van der Waals surface area (Å²) in [5.74, 6) is -0.856. The molecule has 0 aliphatic heterocycles. The third-order valence-electron chi connectivity index (χ3n) is 4.56. The monoisotopic (exact) mass is 493 g/mol. The van der Waals surface area contributed by atoms with Gasteiger partial charge < -0.3 is 5.32 Å². The Morgan fingerprint density at radius 1 is 1.18 bits per heavy atom. The SMILES string of the molecule is CC(=O)N(c1cccc(C(F)(F)F)c1)c1nc(/C=C/C(=O)NC(C)c2cccc(Cl)c2)cs1. The lowest BCUT2D eigenvalue weighted by atomic mass is 10.1. The van der Waals surface area contributed by atoms with E-state index in [1.165, 1.54) is 31.2 Å². The third-order valence-corrected chi connectivity index (χ3v) is 5.64. The van der Waals surface area contributed by atoms with E-state index in [4.69, 9.17) is 11.6 Å². The number of halogens is 4. The average molecular weight is 494 g/mol. The fourth-order valence-electron chi connectivity index (χ4n) is 2.99. The lowest BCUT2D eigenvalue weighted by Crippen LogP contribution is -2.24. The van der Waals surface area contributed by atoms with Gasteiger partial charge in [0.1, 0.15) is 0 Å². The summed E-state index contributed by atoms with van der Waals surface area (Å²) >= 11 is 7.05. The van der Waals surface area contributed by atoms with Crippen LogP contribution in [-0.4, -0.2) is 16.8 Å². The van der Waals surface area contributed by atoms with Crippen molar-refractivity contribution in [2.45, 2.75) is 26.1 Å². The van der Waals surface area contributed by atoms with Gasteiger partial charge in [-0.1, -0.05) is 29.8 Å². The largest absolute Gasteiger partial charge is 0.416 e. The zero-order valence-corrected chi connectivity index (χ0v) is 19.1. The molecule has 0 saturated carbocycles. The van der Waals surface area contributed by atoms with E-state index in [-0.39, 0.29) is 22.8 Å². The molecule has 33 heavy (non-hydrogen) atoms. The van der Waals surface area contributed by atoms with Crippen molar-refractivity contribution in [1.82, 2.24) is 10.3 Å². The first-order chi connectivity index (χ1) is 15.5. The lowest BCUT2D eigenvalue weighted by Gasteiger charge is -2.19. The van der Waals surface area contributed by atoms with Crippen LogP contribution in [0.5, 0.6) is 0 Å². The zero-order chi connectivity index (χ0) is 24.2. The Hall–Kier alpha value is -3.17. The van der Waals surface area contributed by atoms with Gasteiger partial charge in [-0.3, -0.25) is 14.5 Å². The maximum Gasteiger partial charge on any atom is 0.416 e. The number of hydrogen-bond donors (Lipinski definition) is 1. The zero-order valence-electron chi connectivity index (χ0n) is 17.6. The Morgan fingerprint density at radius 2 is 1.91 bits per heavy atom. The molecule has 1 unspecified atom stereocenters. The minimum Gasteiger partial charge on any atom is -0.346 e. The van der Waals surface area contributed by atoms with Crippen LogP contribution in [0.4, 0.5) is 24.0 Å². The van der Waals surface area contributed by atoms with E-state index < -0.39 is 17.6 Å². The lowest BCUT2D eigenvalue weighted by molar-refractivity contribution is -0.137. The third kappa shape index (κ3) is 6.43. The first kappa shape index (κ1) is 24.5. The van der Waals surface area contributed by atoms with Crippen LogP contribution in [0.2, 0.25) is 5.02 Å². The molecule has 3 aromatic rings. The highest BCUT2D eigenvalue weighted by Crippen LogP contribution is 2.35. The topological polar surface area (TPSA) is 62.3 Å². The van der Waals surface area contributed by atoms with Crippen LogP contribution in [0.25, 0.3) is 6.08 Å². The van der Waals surface area contributed by atoms with E-state index in [9.17, 15) is 22.8 Å². The van der Waals surface area contributed by atoms with E-state index in [0.717, 1.165) is 33.9 Å². The molecule has 0 fully saturated rings. The van der Waals surface area contributed by atoms with Crippen molar-refractivity contribution < 1.29 is 22.8 Å². The molecule has 172 valence electrons. The minimum absolute atomic E-state index is 0.0512. The molecule has 1 N–H and O–H groups in total. The maximum absolute atomic E-state index is 13.1. The van der Waals surface area contributed by atoms with Gasteiger partial charge in [-0.15, -0.1) is 11.3 Å². The van der Waals surface area contributed by atoms with Crippen molar-refractivity contribution in [3.05, 3.63) is 81.8 Å². The van der Waals surface area contributed by atoms with Crippen molar-refractivity contribution in [3.63, 3.8) is 0 Å². The molecule has 0 spiro atoms. The van der Waals surface area contributed by atoms with Crippen LogP contribution >= 0.6 is 22.9 Å². The highest BCUT2D eigenvalue weighted by molar-refractivity contribution is 7.14. The smallest absolute Gasteiger partial charge is 0.346 e. The second-order valence-electron chi connectivity index (χ2n) is 7.08. The van der Waals surface area contributed by atoms with Crippen LogP contribution < -0.4 is 10.2 Å². The van der Waals surface area contributed by atoms with Crippen molar-refractivity contribution in [1.29, 1.82) is 0 Å². The highest BCUT2D eigenvalue weighted by Gasteiger charge is 2.31. The number of rotatable bonds is 6. The molecule has 2 amide bonds. The molecule has 0 aliphatic carbocycles. The van der Waals surface area contributed by atoms with E-state index in [2.05, 4.69) is 10.3 Å². The Morgan fingerprint density at radius 3 is 2.58 bits per heavy atom.